The van der Waals surface area contributed by atoms with Gasteiger partial charge in [0, 0.05) is 6.54 Å². The van der Waals surface area contributed by atoms with Crippen LogP contribution in [-0.2, 0) is 0 Å². The maximum Gasteiger partial charge on any atom is 0.0164 e. The monoisotopic (exact) mass is 231 g/mol. The molecule has 0 radical (unpaired) electrons. The van der Waals surface area contributed by atoms with Gasteiger partial charge in [0.25, 0.3) is 0 Å². The molecule has 94 valence electrons. The van der Waals surface area contributed by atoms with Crippen LogP contribution in [0.1, 0.15) is 37.5 Å². The molecule has 0 unspecified atom stereocenters. The van der Waals surface area contributed by atoms with E-state index < -0.39 is 0 Å². The summed E-state index contributed by atoms with van der Waals surface area (Å²) in [5.41, 5.74) is 7.04. The summed E-state index contributed by atoms with van der Waals surface area (Å²) in [5.74, 6) is 0.559. The van der Waals surface area contributed by atoms with Crippen molar-refractivity contribution in [2.45, 2.75) is 34.6 Å². The molecule has 0 saturated carbocycles. The first kappa shape index (κ1) is 14.0. The van der Waals surface area contributed by atoms with Gasteiger partial charge in [-0.05, 0) is 50.4 Å². The van der Waals surface area contributed by atoms with Gasteiger partial charge in [0.05, 0.1) is 0 Å². The second kappa shape index (κ2) is 6.02. The van der Waals surface area contributed by atoms with Gasteiger partial charge in [-0.2, -0.15) is 0 Å². The standard InChI is InChI=1S/C16H25N/c1-11(2)16(14(5)10-17-6)15-9-12(3)7-8-13(15)4/h7-9,11,17H,10H2,1-6H3/b16-14+. The van der Waals surface area contributed by atoms with Gasteiger partial charge in [0.15, 0.2) is 0 Å². The molecule has 0 heterocycles. The fourth-order valence-corrected chi connectivity index (χ4v) is 2.42. The van der Waals surface area contributed by atoms with Crippen LogP contribution in [0.25, 0.3) is 5.57 Å². The minimum Gasteiger partial charge on any atom is -0.316 e. The van der Waals surface area contributed by atoms with E-state index >= 15 is 0 Å². The normalized spacial score (nSPS) is 12.9. The minimum atomic E-state index is 0.559. The highest BCUT2D eigenvalue weighted by molar-refractivity contribution is 5.72. The summed E-state index contributed by atoms with van der Waals surface area (Å²) in [6.45, 7) is 12.1. The van der Waals surface area contributed by atoms with Crippen LogP contribution in [-0.4, -0.2) is 13.6 Å². The molecule has 0 aliphatic rings. The van der Waals surface area contributed by atoms with Crippen LogP contribution in [0.3, 0.4) is 0 Å². The van der Waals surface area contributed by atoms with Gasteiger partial charge in [-0.15, -0.1) is 0 Å². The fraction of sp³-hybridized carbons (Fsp3) is 0.500. The lowest BCUT2D eigenvalue weighted by Crippen LogP contribution is -2.12. The molecule has 1 nitrogen and oxygen atoms in total. The first-order valence-electron chi connectivity index (χ1n) is 6.39. The summed E-state index contributed by atoms with van der Waals surface area (Å²) < 4.78 is 0. The predicted molar refractivity (Wildman–Crippen MR) is 77.3 cm³/mol. The Labute approximate surface area is 106 Å². The third kappa shape index (κ3) is 3.44. The Balaban J connectivity index is 3.33. The third-order valence-electron chi connectivity index (χ3n) is 3.16. The molecule has 1 heteroatoms. The molecular formula is C16H25N. The van der Waals surface area contributed by atoms with Gasteiger partial charge in [-0.3, -0.25) is 0 Å². The Morgan fingerprint density at radius 3 is 2.41 bits per heavy atom. The zero-order valence-corrected chi connectivity index (χ0v) is 12.0. The van der Waals surface area contributed by atoms with Crippen LogP contribution in [0.4, 0.5) is 0 Å². The van der Waals surface area contributed by atoms with Crippen LogP contribution in [0.2, 0.25) is 0 Å². The van der Waals surface area contributed by atoms with E-state index in [1.54, 1.807) is 0 Å². The second-order valence-electron chi connectivity index (χ2n) is 5.20. The van der Waals surface area contributed by atoms with E-state index in [0.29, 0.717) is 5.92 Å². The number of hydrogen-bond acceptors (Lipinski definition) is 1. The molecule has 0 spiro atoms. The Hall–Kier alpha value is -1.08. The number of hydrogen-bond donors (Lipinski definition) is 1. The zero-order chi connectivity index (χ0) is 13.0. The SMILES string of the molecule is CNC/C(C)=C(/c1cc(C)ccc1C)C(C)C. The van der Waals surface area contributed by atoms with Gasteiger partial charge in [0.2, 0.25) is 0 Å². The molecule has 1 N–H and O–H groups in total. The number of nitrogens with one attached hydrogen (secondary N) is 1. The van der Waals surface area contributed by atoms with Gasteiger partial charge in [-0.25, -0.2) is 0 Å². The lowest BCUT2D eigenvalue weighted by atomic mass is 9.87. The first-order chi connectivity index (χ1) is 7.97. The van der Waals surface area contributed by atoms with Crippen molar-refractivity contribution in [1.82, 2.24) is 5.32 Å². The highest BCUT2D eigenvalue weighted by Crippen LogP contribution is 2.29. The summed E-state index contributed by atoms with van der Waals surface area (Å²) in [6, 6.07) is 6.72. The van der Waals surface area contributed by atoms with Crippen molar-refractivity contribution in [3.05, 3.63) is 40.5 Å². The predicted octanol–water partition coefficient (Wildman–Crippen LogP) is 3.95. The topological polar surface area (TPSA) is 12.0 Å². The molecule has 1 aromatic carbocycles. The molecule has 0 saturated heterocycles. The molecule has 1 rings (SSSR count). The number of benzene rings is 1. The van der Waals surface area contributed by atoms with Crippen molar-refractivity contribution in [3.8, 4) is 0 Å². The van der Waals surface area contributed by atoms with Crippen molar-refractivity contribution < 1.29 is 0 Å². The van der Waals surface area contributed by atoms with E-state index in [9.17, 15) is 0 Å². The van der Waals surface area contributed by atoms with E-state index in [-0.39, 0.29) is 0 Å². The highest BCUT2D eigenvalue weighted by Gasteiger charge is 2.12. The van der Waals surface area contributed by atoms with Crippen molar-refractivity contribution >= 4 is 5.57 Å². The molecule has 17 heavy (non-hydrogen) atoms. The second-order valence-corrected chi connectivity index (χ2v) is 5.20. The minimum absolute atomic E-state index is 0.559. The third-order valence-corrected chi connectivity index (χ3v) is 3.16. The smallest absolute Gasteiger partial charge is 0.0164 e. The lowest BCUT2D eigenvalue weighted by molar-refractivity contribution is 0.818. The molecular weight excluding hydrogens is 206 g/mol. The molecule has 0 aromatic heterocycles. The van der Waals surface area contributed by atoms with E-state index in [4.69, 9.17) is 0 Å². The average molecular weight is 231 g/mol. The summed E-state index contributed by atoms with van der Waals surface area (Å²) >= 11 is 0. The summed E-state index contributed by atoms with van der Waals surface area (Å²) in [7, 11) is 2.00. The Morgan fingerprint density at radius 2 is 1.88 bits per heavy atom. The maximum absolute atomic E-state index is 3.25. The van der Waals surface area contributed by atoms with Gasteiger partial charge >= 0.3 is 0 Å². The van der Waals surface area contributed by atoms with E-state index in [0.717, 1.165) is 6.54 Å². The van der Waals surface area contributed by atoms with Crippen LogP contribution in [0.15, 0.2) is 23.8 Å². The summed E-state index contributed by atoms with van der Waals surface area (Å²) in [4.78, 5) is 0. The Morgan fingerprint density at radius 1 is 1.24 bits per heavy atom. The Bertz CT molecular complexity index is 414. The lowest BCUT2D eigenvalue weighted by Gasteiger charge is -2.19. The molecule has 1 aromatic rings. The van der Waals surface area contributed by atoms with Crippen molar-refractivity contribution in [2.24, 2.45) is 5.92 Å². The Kier molecular flexibility index (Phi) is 4.95. The number of aryl methyl sites for hydroxylation is 2. The van der Waals surface area contributed by atoms with Crippen LogP contribution < -0.4 is 5.32 Å². The summed E-state index contributed by atoms with van der Waals surface area (Å²) in [6.07, 6.45) is 0. The first-order valence-corrected chi connectivity index (χ1v) is 6.39. The number of likely N-dealkylation sites (N-methyl/N-ethyl adjacent to an activating group) is 1. The summed E-state index contributed by atoms with van der Waals surface area (Å²) in [5, 5.41) is 3.25. The molecule has 0 amide bonds. The number of allylic oxidation sites excluding steroid dienone is 1. The van der Waals surface area contributed by atoms with E-state index in [2.05, 4.69) is 58.1 Å². The van der Waals surface area contributed by atoms with Crippen LogP contribution >= 0.6 is 0 Å². The van der Waals surface area contributed by atoms with Crippen molar-refractivity contribution in [2.75, 3.05) is 13.6 Å². The van der Waals surface area contributed by atoms with Gasteiger partial charge < -0.3 is 5.32 Å². The fourth-order valence-electron chi connectivity index (χ4n) is 2.42. The average Bonchev–Trinajstić information content (AvgIpc) is 2.23. The van der Waals surface area contributed by atoms with Crippen LogP contribution in [0, 0.1) is 19.8 Å². The molecule has 0 bridgehead atoms. The van der Waals surface area contributed by atoms with E-state index in [1.165, 1.54) is 27.8 Å². The van der Waals surface area contributed by atoms with Crippen LogP contribution in [0.5, 0.6) is 0 Å². The van der Waals surface area contributed by atoms with Crippen molar-refractivity contribution in [3.63, 3.8) is 0 Å². The van der Waals surface area contributed by atoms with E-state index in [1.807, 2.05) is 7.05 Å². The zero-order valence-electron chi connectivity index (χ0n) is 12.0. The van der Waals surface area contributed by atoms with Gasteiger partial charge in [-0.1, -0.05) is 43.2 Å². The molecule has 0 aliphatic heterocycles. The molecule has 0 aliphatic carbocycles. The largest absolute Gasteiger partial charge is 0.316 e. The highest BCUT2D eigenvalue weighted by atomic mass is 14.8. The van der Waals surface area contributed by atoms with Gasteiger partial charge in [0.1, 0.15) is 0 Å². The van der Waals surface area contributed by atoms with Crippen molar-refractivity contribution in [1.29, 1.82) is 0 Å². The number of rotatable bonds is 4. The molecule has 0 fully saturated rings. The molecule has 0 atom stereocenters. The quantitative estimate of drug-likeness (QED) is 0.827. The maximum atomic E-state index is 3.25.